The molecule has 1 fully saturated rings. The van der Waals surface area contributed by atoms with Gasteiger partial charge in [0.1, 0.15) is 5.69 Å². The summed E-state index contributed by atoms with van der Waals surface area (Å²) in [6.07, 6.45) is 5.19. The van der Waals surface area contributed by atoms with Gasteiger partial charge in [-0.2, -0.15) is 0 Å². The molecule has 2 atom stereocenters. The van der Waals surface area contributed by atoms with Crippen molar-refractivity contribution in [2.45, 2.75) is 37.8 Å². The molecule has 0 bridgehead atoms. The number of aromatic nitrogens is 1. The fourth-order valence-corrected chi connectivity index (χ4v) is 2.80. The minimum absolute atomic E-state index is 0.107. The summed E-state index contributed by atoms with van der Waals surface area (Å²) in [5.41, 5.74) is 0.606. The summed E-state index contributed by atoms with van der Waals surface area (Å²) in [5.74, 6) is -0.121. The number of aliphatic hydroxyl groups is 1. The molecule has 0 aromatic carbocycles. The monoisotopic (exact) mass is 300 g/mol. The Morgan fingerprint density at radius 2 is 2.24 bits per heavy atom. The molecule has 0 unspecified atom stereocenters. The lowest BCUT2D eigenvalue weighted by Crippen LogP contribution is -2.45. The van der Waals surface area contributed by atoms with Gasteiger partial charge in [0.25, 0.3) is 5.91 Å². The lowest BCUT2D eigenvalue weighted by atomic mass is 9.92. The molecule has 2 rings (SSSR count). The zero-order chi connectivity index (χ0) is 12.4. The standard InChI is InChI=1S/C12H17BrN2O2/c1-15-7-8(13)6-10(15)12(17)14-9-4-2-3-5-11(9)16/h6-7,9,11,16H,2-5H2,1H3,(H,14,17)/t9-,11-/m0/s1. The van der Waals surface area contributed by atoms with Crippen LogP contribution >= 0.6 is 15.9 Å². The molecule has 1 aromatic rings. The zero-order valence-corrected chi connectivity index (χ0v) is 11.4. The number of aliphatic hydroxyl groups excluding tert-OH is 1. The third kappa shape index (κ3) is 2.90. The number of hydrogen-bond donors (Lipinski definition) is 2. The van der Waals surface area contributed by atoms with Gasteiger partial charge < -0.3 is 15.0 Å². The van der Waals surface area contributed by atoms with E-state index in [0.29, 0.717) is 5.69 Å². The summed E-state index contributed by atoms with van der Waals surface area (Å²) in [6.45, 7) is 0. The van der Waals surface area contributed by atoms with E-state index in [1.54, 1.807) is 10.6 Å². The Morgan fingerprint density at radius 1 is 1.53 bits per heavy atom. The number of aryl methyl sites for hydroxylation is 1. The number of halogens is 1. The summed E-state index contributed by atoms with van der Waals surface area (Å²) >= 11 is 3.34. The van der Waals surface area contributed by atoms with Crippen LogP contribution in [0.2, 0.25) is 0 Å². The first-order chi connectivity index (χ1) is 8.08. The third-order valence-electron chi connectivity index (χ3n) is 3.25. The highest BCUT2D eigenvalue weighted by atomic mass is 79.9. The largest absolute Gasteiger partial charge is 0.391 e. The molecule has 0 spiro atoms. The summed E-state index contributed by atoms with van der Waals surface area (Å²) in [7, 11) is 1.83. The smallest absolute Gasteiger partial charge is 0.268 e. The van der Waals surface area contributed by atoms with Crippen molar-refractivity contribution in [2.75, 3.05) is 0 Å². The maximum atomic E-state index is 12.0. The molecule has 1 aromatic heterocycles. The van der Waals surface area contributed by atoms with Crippen LogP contribution < -0.4 is 5.32 Å². The van der Waals surface area contributed by atoms with Gasteiger partial charge in [-0.15, -0.1) is 0 Å². The van der Waals surface area contributed by atoms with Gasteiger partial charge in [-0.05, 0) is 34.8 Å². The Morgan fingerprint density at radius 3 is 2.82 bits per heavy atom. The molecule has 17 heavy (non-hydrogen) atoms. The molecule has 1 aliphatic carbocycles. The summed E-state index contributed by atoms with van der Waals surface area (Å²) in [5, 5.41) is 12.7. The average molecular weight is 301 g/mol. The SMILES string of the molecule is Cn1cc(Br)cc1C(=O)N[C@H]1CCCC[C@@H]1O. The number of nitrogens with one attached hydrogen (secondary N) is 1. The Balaban J connectivity index is 2.03. The highest BCUT2D eigenvalue weighted by molar-refractivity contribution is 9.10. The second-order valence-corrected chi connectivity index (χ2v) is 5.50. The van der Waals surface area contributed by atoms with E-state index in [2.05, 4.69) is 21.2 Å². The van der Waals surface area contributed by atoms with Gasteiger partial charge in [-0.3, -0.25) is 4.79 Å². The van der Waals surface area contributed by atoms with Crippen LogP contribution in [0, 0.1) is 0 Å². The van der Waals surface area contributed by atoms with Crippen LogP contribution in [0.15, 0.2) is 16.7 Å². The van der Waals surface area contributed by atoms with Gasteiger partial charge in [-0.25, -0.2) is 0 Å². The first-order valence-electron chi connectivity index (χ1n) is 5.88. The van der Waals surface area contributed by atoms with Crippen LogP contribution in [0.1, 0.15) is 36.2 Å². The van der Waals surface area contributed by atoms with Crippen molar-refractivity contribution in [1.29, 1.82) is 0 Å². The van der Waals surface area contributed by atoms with Gasteiger partial charge in [-0.1, -0.05) is 12.8 Å². The van der Waals surface area contributed by atoms with Gasteiger partial charge in [0.15, 0.2) is 0 Å². The van der Waals surface area contributed by atoms with E-state index in [4.69, 9.17) is 0 Å². The van der Waals surface area contributed by atoms with Crippen LogP contribution in [0.5, 0.6) is 0 Å². The van der Waals surface area contributed by atoms with Crippen LogP contribution in [-0.4, -0.2) is 27.7 Å². The molecule has 0 radical (unpaired) electrons. The van der Waals surface area contributed by atoms with Crippen molar-refractivity contribution >= 4 is 21.8 Å². The van der Waals surface area contributed by atoms with Crippen LogP contribution in [-0.2, 0) is 7.05 Å². The molecular weight excluding hydrogens is 284 g/mol. The minimum atomic E-state index is -0.406. The lowest BCUT2D eigenvalue weighted by molar-refractivity contribution is 0.0711. The number of hydrogen-bond acceptors (Lipinski definition) is 2. The first kappa shape index (κ1) is 12.6. The van der Waals surface area contributed by atoms with Crippen molar-refractivity contribution in [2.24, 2.45) is 7.05 Å². The van der Waals surface area contributed by atoms with E-state index in [1.807, 2.05) is 13.2 Å². The number of nitrogens with zero attached hydrogens (tertiary/aromatic N) is 1. The fraction of sp³-hybridized carbons (Fsp3) is 0.583. The highest BCUT2D eigenvalue weighted by Gasteiger charge is 2.25. The molecule has 1 amide bonds. The number of rotatable bonds is 2. The maximum Gasteiger partial charge on any atom is 0.268 e. The van der Waals surface area contributed by atoms with Gasteiger partial charge in [0, 0.05) is 17.7 Å². The van der Waals surface area contributed by atoms with E-state index in [9.17, 15) is 9.90 Å². The second-order valence-electron chi connectivity index (χ2n) is 4.59. The van der Waals surface area contributed by atoms with Gasteiger partial charge in [0.2, 0.25) is 0 Å². The topological polar surface area (TPSA) is 54.3 Å². The fourth-order valence-electron chi connectivity index (χ4n) is 2.27. The molecule has 5 heteroatoms. The van der Waals surface area contributed by atoms with E-state index in [1.165, 1.54) is 0 Å². The number of amides is 1. The van der Waals surface area contributed by atoms with Gasteiger partial charge in [0.05, 0.1) is 12.1 Å². The predicted molar refractivity (Wildman–Crippen MR) is 68.8 cm³/mol. The van der Waals surface area contributed by atoms with E-state index in [-0.39, 0.29) is 11.9 Å². The molecule has 1 heterocycles. The summed E-state index contributed by atoms with van der Waals surface area (Å²) in [6, 6.07) is 1.68. The van der Waals surface area contributed by atoms with Crippen LogP contribution in [0.4, 0.5) is 0 Å². The van der Waals surface area contributed by atoms with E-state index < -0.39 is 6.10 Å². The quantitative estimate of drug-likeness (QED) is 0.875. The first-order valence-corrected chi connectivity index (χ1v) is 6.68. The Labute approximate surface area is 109 Å². The number of carbonyl (C=O) groups excluding carboxylic acids is 1. The van der Waals surface area contributed by atoms with Crippen molar-refractivity contribution in [1.82, 2.24) is 9.88 Å². The summed E-state index contributed by atoms with van der Waals surface area (Å²) < 4.78 is 2.66. The van der Waals surface area contributed by atoms with Crippen molar-refractivity contribution in [3.8, 4) is 0 Å². The van der Waals surface area contributed by atoms with Gasteiger partial charge >= 0.3 is 0 Å². The predicted octanol–water partition coefficient (Wildman–Crippen LogP) is 1.82. The average Bonchev–Trinajstić information content (AvgIpc) is 2.61. The van der Waals surface area contributed by atoms with E-state index >= 15 is 0 Å². The summed E-state index contributed by atoms with van der Waals surface area (Å²) in [4.78, 5) is 12.0. The molecular formula is C12H17BrN2O2. The van der Waals surface area contributed by atoms with Crippen LogP contribution in [0.25, 0.3) is 0 Å². The van der Waals surface area contributed by atoms with Crippen molar-refractivity contribution in [3.05, 3.63) is 22.4 Å². The third-order valence-corrected chi connectivity index (χ3v) is 3.68. The number of carbonyl (C=O) groups is 1. The minimum Gasteiger partial charge on any atom is -0.391 e. The second kappa shape index (κ2) is 5.23. The highest BCUT2D eigenvalue weighted by Crippen LogP contribution is 2.19. The maximum absolute atomic E-state index is 12.0. The van der Waals surface area contributed by atoms with Crippen molar-refractivity contribution < 1.29 is 9.90 Å². The molecule has 1 aliphatic rings. The van der Waals surface area contributed by atoms with Crippen LogP contribution in [0.3, 0.4) is 0 Å². The molecule has 4 nitrogen and oxygen atoms in total. The molecule has 0 aliphatic heterocycles. The Bertz CT molecular complexity index is 417. The van der Waals surface area contributed by atoms with E-state index in [0.717, 1.165) is 30.2 Å². The normalized spacial score (nSPS) is 24.6. The Kier molecular flexibility index (Phi) is 3.89. The van der Waals surface area contributed by atoms with Crippen molar-refractivity contribution in [3.63, 3.8) is 0 Å². The Hall–Kier alpha value is -0.810. The zero-order valence-electron chi connectivity index (χ0n) is 9.82. The molecule has 0 saturated heterocycles. The lowest BCUT2D eigenvalue weighted by Gasteiger charge is -2.28. The molecule has 2 N–H and O–H groups in total. The molecule has 94 valence electrons. The molecule has 1 saturated carbocycles.